The van der Waals surface area contributed by atoms with Gasteiger partial charge in [0.25, 0.3) is 10.1 Å². The van der Waals surface area contributed by atoms with Crippen LogP contribution in [0.3, 0.4) is 0 Å². The Kier molecular flexibility index (Phi) is 8.85. The minimum Gasteiger partial charge on any atom is -0.390 e. The third-order valence-corrected chi connectivity index (χ3v) is 11.9. The monoisotopic (exact) mass is 608 g/mol. The van der Waals surface area contributed by atoms with Gasteiger partial charge in [0.15, 0.2) is 0 Å². The highest BCUT2D eigenvalue weighted by Crippen LogP contribution is 2.28. The summed E-state index contributed by atoms with van der Waals surface area (Å²) >= 11 is 0. The first-order chi connectivity index (χ1) is 18.7. The van der Waals surface area contributed by atoms with Crippen LogP contribution >= 0.6 is 0 Å². The van der Waals surface area contributed by atoms with E-state index >= 15 is 0 Å². The van der Waals surface area contributed by atoms with Crippen molar-refractivity contribution in [1.29, 1.82) is 0 Å². The zero-order chi connectivity index (χ0) is 29.3. The predicted molar refractivity (Wildman–Crippen MR) is 149 cm³/mol. The zero-order valence-electron chi connectivity index (χ0n) is 22.3. The fourth-order valence-corrected chi connectivity index (χ4v) is 8.40. The summed E-state index contributed by atoms with van der Waals surface area (Å²) < 4.78 is 86.6. The first kappa shape index (κ1) is 30.3. The van der Waals surface area contributed by atoms with Crippen molar-refractivity contribution in [3.05, 3.63) is 89.5 Å². The largest absolute Gasteiger partial charge is 0.390 e. The number of aryl methyl sites for hydroxylation is 3. The molecule has 1 aliphatic rings. The standard InChI is InChI=1S/C27H32N2O8S3/c1-20-4-10-23(11-5-20)38(31,32)28-18-26(27(30)19-28)29(39(33,34)24-12-6-21(2)7-13-24)16-17-37-40(35,36)25-14-8-22(3)9-15-25/h4-15,26-27,30H,16-19H2,1-3H3. The minimum absolute atomic E-state index is 0.0198. The van der Waals surface area contributed by atoms with E-state index in [0.717, 1.165) is 25.3 Å². The second kappa shape index (κ2) is 11.7. The summed E-state index contributed by atoms with van der Waals surface area (Å²) in [5.74, 6) is 0. The first-order valence-electron chi connectivity index (χ1n) is 12.5. The molecule has 2 atom stereocenters. The number of rotatable bonds is 10. The van der Waals surface area contributed by atoms with E-state index in [1.807, 2.05) is 6.92 Å². The average molecular weight is 609 g/mol. The van der Waals surface area contributed by atoms with Crippen molar-refractivity contribution in [3.63, 3.8) is 0 Å². The van der Waals surface area contributed by atoms with Crippen LogP contribution in [0.15, 0.2) is 87.5 Å². The Morgan fingerprint density at radius 2 is 1.18 bits per heavy atom. The molecule has 1 fully saturated rings. The number of benzene rings is 3. The molecule has 216 valence electrons. The van der Waals surface area contributed by atoms with E-state index in [1.165, 1.54) is 36.4 Å². The summed E-state index contributed by atoms with van der Waals surface area (Å²) in [6.45, 7) is 3.78. The van der Waals surface area contributed by atoms with Gasteiger partial charge in [-0.05, 0) is 57.2 Å². The maximum atomic E-state index is 13.7. The minimum atomic E-state index is -4.28. The van der Waals surface area contributed by atoms with Gasteiger partial charge in [0.1, 0.15) is 0 Å². The van der Waals surface area contributed by atoms with Crippen LogP contribution in [0.25, 0.3) is 0 Å². The van der Waals surface area contributed by atoms with Gasteiger partial charge in [-0.2, -0.15) is 17.0 Å². The second-order valence-corrected chi connectivity index (χ2v) is 15.2. The van der Waals surface area contributed by atoms with Crippen LogP contribution in [-0.2, 0) is 34.3 Å². The summed E-state index contributed by atoms with van der Waals surface area (Å²) in [7, 11) is -12.5. The molecule has 0 radical (unpaired) electrons. The van der Waals surface area contributed by atoms with E-state index in [9.17, 15) is 30.4 Å². The summed E-state index contributed by atoms with van der Waals surface area (Å²) in [5, 5.41) is 10.9. The second-order valence-electron chi connectivity index (χ2n) is 9.79. The molecular weight excluding hydrogens is 577 g/mol. The lowest BCUT2D eigenvalue weighted by atomic mass is 10.2. The van der Waals surface area contributed by atoms with Gasteiger partial charge in [0, 0.05) is 19.6 Å². The quantitative estimate of drug-likeness (QED) is 0.347. The number of sulfonamides is 2. The zero-order valence-corrected chi connectivity index (χ0v) is 24.8. The predicted octanol–water partition coefficient (Wildman–Crippen LogP) is 2.44. The normalized spacial score (nSPS) is 18.8. The molecule has 0 aromatic heterocycles. The fraction of sp³-hybridized carbons (Fsp3) is 0.333. The van der Waals surface area contributed by atoms with Gasteiger partial charge in [-0.1, -0.05) is 53.1 Å². The molecule has 0 bridgehead atoms. The number of aliphatic hydroxyl groups excluding tert-OH is 1. The smallest absolute Gasteiger partial charge is 0.297 e. The lowest BCUT2D eigenvalue weighted by molar-refractivity contribution is 0.119. The molecule has 10 nitrogen and oxygen atoms in total. The highest BCUT2D eigenvalue weighted by atomic mass is 32.2. The van der Waals surface area contributed by atoms with Crippen LogP contribution in [0.5, 0.6) is 0 Å². The third-order valence-electron chi connectivity index (χ3n) is 6.74. The van der Waals surface area contributed by atoms with Crippen LogP contribution in [0.1, 0.15) is 16.7 Å². The number of β-amino-alcohol motifs (C(OH)–C–C–N with tert-alkyl or cyclic N) is 1. The number of hydrogen-bond donors (Lipinski definition) is 1. The van der Waals surface area contributed by atoms with Crippen molar-refractivity contribution in [3.8, 4) is 0 Å². The molecule has 0 amide bonds. The molecule has 13 heteroatoms. The summed E-state index contributed by atoms with van der Waals surface area (Å²) in [6.07, 6.45) is -1.37. The van der Waals surface area contributed by atoms with Crippen LogP contribution in [0, 0.1) is 20.8 Å². The van der Waals surface area contributed by atoms with Gasteiger partial charge in [-0.25, -0.2) is 16.8 Å². The SMILES string of the molecule is Cc1ccc(S(=O)(=O)OCCN(C2CN(S(=O)(=O)c3ccc(C)cc3)CC2O)S(=O)(=O)c2ccc(C)cc2)cc1. The van der Waals surface area contributed by atoms with Crippen LogP contribution in [0.4, 0.5) is 0 Å². The van der Waals surface area contributed by atoms with Crippen molar-refractivity contribution >= 4 is 30.2 Å². The van der Waals surface area contributed by atoms with E-state index in [1.54, 1.807) is 50.2 Å². The Morgan fingerprint density at radius 1 is 0.725 bits per heavy atom. The Labute approximate surface area is 236 Å². The average Bonchev–Trinajstić information content (AvgIpc) is 3.29. The van der Waals surface area contributed by atoms with Gasteiger partial charge >= 0.3 is 0 Å². The lowest BCUT2D eigenvalue weighted by Gasteiger charge is -2.29. The summed E-state index contributed by atoms with van der Waals surface area (Å²) in [6, 6.07) is 17.1. The Morgan fingerprint density at radius 3 is 1.68 bits per heavy atom. The van der Waals surface area contributed by atoms with E-state index < -0.39 is 55.5 Å². The summed E-state index contributed by atoms with van der Waals surface area (Å²) in [5.41, 5.74) is 2.55. The lowest BCUT2D eigenvalue weighted by Crippen LogP contribution is -2.48. The van der Waals surface area contributed by atoms with Crippen LogP contribution < -0.4 is 0 Å². The van der Waals surface area contributed by atoms with E-state index in [-0.39, 0.29) is 27.8 Å². The van der Waals surface area contributed by atoms with E-state index in [4.69, 9.17) is 4.18 Å². The topological polar surface area (TPSA) is 138 Å². The molecule has 3 aromatic rings. The Hall–Kier alpha value is -2.65. The van der Waals surface area contributed by atoms with E-state index in [2.05, 4.69) is 0 Å². The molecule has 2 unspecified atom stereocenters. The molecule has 0 saturated carbocycles. The van der Waals surface area contributed by atoms with Gasteiger partial charge in [-0.3, -0.25) is 4.18 Å². The molecule has 0 spiro atoms. The number of aliphatic hydroxyl groups is 1. The summed E-state index contributed by atoms with van der Waals surface area (Å²) in [4.78, 5) is -0.139. The Balaban J connectivity index is 1.62. The number of hydrogen-bond acceptors (Lipinski definition) is 8. The Bertz CT molecular complexity index is 1650. The van der Waals surface area contributed by atoms with Gasteiger partial charge in [0.2, 0.25) is 20.0 Å². The van der Waals surface area contributed by atoms with Crippen LogP contribution in [-0.4, -0.2) is 77.4 Å². The molecule has 0 aliphatic carbocycles. The van der Waals surface area contributed by atoms with Crippen LogP contribution in [0.2, 0.25) is 0 Å². The molecule has 1 saturated heterocycles. The third kappa shape index (κ3) is 6.46. The molecule has 40 heavy (non-hydrogen) atoms. The van der Waals surface area contributed by atoms with Crippen molar-refractivity contribution in [2.75, 3.05) is 26.2 Å². The fourth-order valence-electron chi connectivity index (χ4n) is 4.39. The van der Waals surface area contributed by atoms with E-state index in [0.29, 0.717) is 0 Å². The maximum absolute atomic E-state index is 13.7. The van der Waals surface area contributed by atoms with Gasteiger partial charge < -0.3 is 5.11 Å². The molecule has 4 rings (SSSR count). The van der Waals surface area contributed by atoms with Crippen molar-refractivity contribution in [1.82, 2.24) is 8.61 Å². The number of nitrogens with zero attached hydrogens (tertiary/aromatic N) is 2. The molecule has 1 heterocycles. The maximum Gasteiger partial charge on any atom is 0.297 e. The van der Waals surface area contributed by atoms with Crippen molar-refractivity contribution < 1.29 is 34.5 Å². The molecule has 1 N–H and O–H groups in total. The highest BCUT2D eigenvalue weighted by molar-refractivity contribution is 7.89. The van der Waals surface area contributed by atoms with Crippen molar-refractivity contribution in [2.45, 2.75) is 47.6 Å². The molecule has 3 aromatic carbocycles. The molecule has 1 aliphatic heterocycles. The molecular formula is C27H32N2O8S3. The first-order valence-corrected chi connectivity index (χ1v) is 16.8. The van der Waals surface area contributed by atoms with Gasteiger partial charge in [-0.15, -0.1) is 0 Å². The van der Waals surface area contributed by atoms with Crippen molar-refractivity contribution in [2.24, 2.45) is 0 Å². The van der Waals surface area contributed by atoms with Gasteiger partial charge in [0.05, 0.1) is 33.4 Å². The highest BCUT2D eigenvalue weighted by Gasteiger charge is 2.45.